The summed E-state index contributed by atoms with van der Waals surface area (Å²) in [5.41, 5.74) is 8.56. The zero-order chi connectivity index (χ0) is 35.5. The maximum atomic E-state index is 9.90. The van der Waals surface area contributed by atoms with E-state index in [1.165, 1.54) is 34.5 Å². The quantitative estimate of drug-likeness (QED) is 0.120. The second-order valence-electron chi connectivity index (χ2n) is 12.4. The second-order valence-corrected chi connectivity index (χ2v) is 12.4. The Bertz CT molecular complexity index is 2380. The summed E-state index contributed by atoms with van der Waals surface area (Å²) in [6.07, 6.45) is 0. The molecule has 2 aromatic heterocycles. The summed E-state index contributed by atoms with van der Waals surface area (Å²) >= 11 is 0. The van der Waals surface area contributed by atoms with Crippen LogP contribution in [0, 0.1) is 13.8 Å². The van der Waals surface area contributed by atoms with Crippen molar-refractivity contribution in [3.8, 4) is 22.9 Å². The molecule has 8 aromatic rings. The first-order valence-electron chi connectivity index (χ1n) is 16.7. The number of hydrogen-bond acceptors (Lipinski definition) is 6. The lowest BCUT2D eigenvalue weighted by Gasteiger charge is -2.18. The van der Waals surface area contributed by atoms with Gasteiger partial charge in [-0.05, 0) is 67.4 Å². The van der Waals surface area contributed by atoms with Gasteiger partial charge in [-0.1, -0.05) is 84.9 Å². The Labute approximate surface area is 296 Å². The zero-order valence-electron chi connectivity index (χ0n) is 29.0. The van der Waals surface area contributed by atoms with Crippen molar-refractivity contribution < 1.29 is 29.0 Å². The van der Waals surface area contributed by atoms with Crippen LogP contribution in [0.4, 0.5) is 0 Å². The van der Waals surface area contributed by atoms with Gasteiger partial charge in [0.25, 0.3) is 0 Å². The lowest BCUT2D eigenvalue weighted by molar-refractivity contribution is 0.0511. The van der Waals surface area contributed by atoms with Gasteiger partial charge in [-0.3, -0.25) is 0 Å². The van der Waals surface area contributed by atoms with Crippen LogP contribution in [0.25, 0.3) is 55.0 Å². The van der Waals surface area contributed by atoms with Gasteiger partial charge in [0.05, 0.1) is 33.4 Å². The Morgan fingerprint density at radius 2 is 0.941 bits per heavy atom. The maximum Gasteiger partial charge on any atom is 0.492 e. The minimum Gasteiger partial charge on any atom is -0.466 e. The molecule has 0 unspecified atom stereocenters. The molecule has 2 N–H and O–H groups in total. The van der Waals surface area contributed by atoms with Gasteiger partial charge in [-0.15, -0.1) is 0 Å². The number of para-hydroxylation sites is 4. The second kappa shape index (κ2) is 14.7. The Hall–Kier alpha value is -5.58. The fourth-order valence-corrected chi connectivity index (χ4v) is 6.83. The Morgan fingerprint density at radius 3 is 1.41 bits per heavy atom. The van der Waals surface area contributed by atoms with Gasteiger partial charge < -0.3 is 38.1 Å². The first kappa shape index (κ1) is 33.9. The molecule has 6 aromatic carbocycles. The molecule has 0 spiro atoms. The molecule has 0 saturated carbocycles. The monoisotopic (exact) mass is 678 g/mol. The molecule has 0 atom stereocenters. The van der Waals surface area contributed by atoms with Crippen molar-refractivity contribution in [2.75, 3.05) is 27.8 Å². The molecule has 0 aliphatic carbocycles. The molecular formula is C42H39BN2O6. The molecule has 9 heteroatoms. The molecule has 0 radical (unpaired) electrons. The van der Waals surface area contributed by atoms with Crippen LogP contribution in [0.5, 0.6) is 11.5 Å². The number of hydrogen-bond donors (Lipinski definition) is 2. The number of aryl methyl sites for hydroxylation is 2. The summed E-state index contributed by atoms with van der Waals surface area (Å²) in [5.74, 6) is 1.21. The number of nitrogens with zero attached hydrogens (tertiary/aromatic N) is 2. The van der Waals surface area contributed by atoms with E-state index in [4.69, 9.17) is 18.9 Å². The predicted octanol–water partition coefficient (Wildman–Crippen LogP) is 7.83. The predicted molar refractivity (Wildman–Crippen MR) is 206 cm³/mol. The standard InChI is InChI=1S/C21H20BNO4.C21H19NO2/c1-14-11-17(22(24)25)21(27-13-26-2)20(12-14)23-18-9-5-3-7-15(18)16-8-4-6-10-19(16)23;1-15-11-12-21(24-14-23-2)20(13-15)22-18-9-5-3-7-16(18)17-8-4-6-10-19(17)22/h3-12,24-25H,13H2,1-2H3;3-13H,14H2,1-2H3. The van der Waals surface area contributed by atoms with Gasteiger partial charge in [-0.25, -0.2) is 0 Å². The third-order valence-electron chi connectivity index (χ3n) is 8.93. The topological polar surface area (TPSA) is 87.2 Å². The summed E-state index contributed by atoms with van der Waals surface area (Å²) in [6, 6.07) is 43.1. The van der Waals surface area contributed by atoms with Crippen LogP contribution in [0.1, 0.15) is 11.1 Å². The number of rotatable bonds is 9. The lowest BCUT2D eigenvalue weighted by atomic mass is 9.78. The van der Waals surface area contributed by atoms with Crippen molar-refractivity contribution in [1.29, 1.82) is 0 Å². The van der Waals surface area contributed by atoms with Gasteiger partial charge in [0.2, 0.25) is 0 Å². The van der Waals surface area contributed by atoms with Crippen molar-refractivity contribution in [2.45, 2.75) is 13.8 Å². The number of fused-ring (bicyclic) bond motifs is 6. The highest BCUT2D eigenvalue weighted by Crippen LogP contribution is 2.37. The first-order chi connectivity index (χ1) is 24.9. The van der Waals surface area contributed by atoms with Crippen molar-refractivity contribution in [1.82, 2.24) is 9.13 Å². The van der Waals surface area contributed by atoms with E-state index in [-0.39, 0.29) is 13.6 Å². The first-order valence-corrected chi connectivity index (χ1v) is 16.7. The lowest BCUT2D eigenvalue weighted by Crippen LogP contribution is -2.33. The molecule has 0 aliphatic heterocycles. The van der Waals surface area contributed by atoms with E-state index < -0.39 is 7.12 Å². The average Bonchev–Trinajstić information content (AvgIpc) is 3.67. The normalized spacial score (nSPS) is 11.3. The van der Waals surface area contributed by atoms with E-state index in [1.54, 1.807) is 13.2 Å². The zero-order valence-corrected chi connectivity index (χ0v) is 29.0. The number of methoxy groups -OCH3 is 2. The molecular weight excluding hydrogens is 639 g/mol. The molecule has 0 amide bonds. The van der Waals surface area contributed by atoms with Crippen molar-refractivity contribution >= 4 is 56.2 Å². The van der Waals surface area contributed by atoms with E-state index in [2.05, 4.69) is 88.9 Å². The largest absolute Gasteiger partial charge is 0.492 e. The fourth-order valence-electron chi connectivity index (χ4n) is 6.83. The summed E-state index contributed by atoms with van der Waals surface area (Å²) in [5, 5.41) is 24.5. The molecule has 0 bridgehead atoms. The highest BCUT2D eigenvalue weighted by atomic mass is 16.7. The van der Waals surface area contributed by atoms with Crippen molar-refractivity contribution in [3.63, 3.8) is 0 Å². The van der Waals surface area contributed by atoms with Crippen LogP contribution in [0.15, 0.2) is 127 Å². The van der Waals surface area contributed by atoms with Crippen LogP contribution >= 0.6 is 0 Å². The molecule has 256 valence electrons. The van der Waals surface area contributed by atoms with Crippen LogP contribution in [0.3, 0.4) is 0 Å². The van der Waals surface area contributed by atoms with E-state index in [0.717, 1.165) is 44.5 Å². The Balaban J connectivity index is 0.000000160. The van der Waals surface area contributed by atoms with Crippen LogP contribution in [-0.4, -0.2) is 54.1 Å². The molecule has 0 aliphatic rings. The number of ether oxygens (including phenoxy) is 4. The summed E-state index contributed by atoms with van der Waals surface area (Å²) in [7, 11) is 1.51. The molecule has 51 heavy (non-hydrogen) atoms. The Morgan fingerprint density at radius 1 is 0.510 bits per heavy atom. The molecule has 2 heterocycles. The fraction of sp³-hybridized carbons (Fsp3) is 0.143. The van der Waals surface area contributed by atoms with E-state index >= 15 is 0 Å². The van der Waals surface area contributed by atoms with E-state index in [1.807, 2.05) is 55.5 Å². The molecule has 8 nitrogen and oxygen atoms in total. The van der Waals surface area contributed by atoms with Gasteiger partial charge in [0, 0.05) is 41.2 Å². The minimum atomic E-state index is -1.65. The third-order valence-corrected chi connectivity index (χ3v) is 8.93. The van der Waals surface area contributed by atoms with Crippen molar-refractivity contribution in [2.24, 2.45) is 0 Å². The minimum absolute atomic E-state index is 0.00686. The van der Waals surface area contributed by atoms with Crippen molar-refractivity contribution in [3.05, 3.63) is 139 Å². The Kier molecular flexibility index (Phi) is 9.79. The highest BCUT2D eigenvalue weighted by Gasteiger charge is 2.24. The third kappa shape index (κ3) is 6.44. The smallest absolute Gasteiger partial charge is 0.466 e. The number of benzene rings is 6. The number of aromatic nitrogens is 2. The average molecular weight is 679 g/mol. The van der Waals surface area contributed by atoms with E-state index in [0.29, 0.717) is 11.2 Å². The van der Waals surface area contributed by atoms with Gasteiger partial charge in [0.15, 0.2) is 13.6 Å². The summed E-state index contributed by atoms with van der Waals surface area (Å²) in [6.45, 7) is 4.25. The van der Waals surface area contributed by atoms with Crippen LogP contribution in [-0.2, 0) is 9.47 Å². The molecule has 0 fully saturated rings. The maximum absolute atomic E-state index is 9.90. The highest BCUT2D eigenvalue weighted by molar-refractivity contribution is 6.60. The molecule has 8 rings (SSSR count). The van der Waals surface area contributed by atoms with Gasteiger partial charge in [-0.2, -0.15) is 0 Å². The van der Waals surface area contributed by atoms with Gasteiger partial charge >= 0.3 is 7.12 Å². The van der Waals surface area contributed by atoms with Gasteiger partial charge in [0.1, 0.15) is 11.5 Å². The van der Waals surface area contributed by atoms with E-state index in [9.17, 15) is 10.0 Å². The van der Waals surface area contributed by atoms with Crippen LogP contribution < -0.4 is 14.9 Å². The molecule has 0 saturated heterocycles. The SMILES string of the molecule is COCOc1c(B(O)O)cc(C)cc1-n1c2ccccc2c2ccccc21.COCOc1ccc(C)cc1-n1c2ccccc2c2ccccc21. The van der Waals surface area contributed by atoms with Crippen LogP contribution in [0.2, 0.25) is 0 Å². The summed E-state index contributed by atoms with van der Waals surface area (Å²) in [4.78, 5) is 0. The summed E-state index contributed by atoms with van der Waals surface area (Å²) < 4.78 is 26.1.